The van der Waals surface area contributed by atoms with E-state index in [0.29, 0.717) is 17.7 Å². The molecule has 4 heteroatoms. The highest BCUT2D eigenvalue weighted by molar-refractivity contribution is 5.94. The van der Waals surface area contributed by atoms with Crippen LogP contribution in [-0.4, -0.2) is 22.8 Å². The first-order valence-corrected chi connectivity index (χ1v) is 7.72. The van der Waals surface area contributed by atoms with Crippen LogP contribution in [0.2, 0.25) is 0 Å². The van der Waals surface area contributed by atoms with Gasteiger partial charge in [-0.25, -0.2) is 0 Å². The fraction of sp³-hybridized carbons (Fsp3) is 0.100. The Morgan fingerprint density at radius 2 is 1.62 bits per heavy atom. The highest BCUT2D eigenvalue weighted by Gasteiger charge is 2.14. The van der Waals surface area contributed by atoms with Gasteiger partial charge in [-0.15, -0.1) is 0 Å². The molecule has 0 fully saturated rings. The molecule has 0 aliphatic carbocycles. The Labute approximate surface area is 140 Å². The largest absolute Gasteiger partial charge is 0.337 e. The molecule has 24 heavy (non-hydrogen) atoms. The van der Waals surface area contributed by atoms with Crippen molar-refractivity contribution >= 4 is 5.91 Å². The minimum absolute atomic E-state index is 0.132. The van der Waals surface area contributed by atoms with E-state index in [2.05, 4.69) is 4.98 Å². The maximum atomic E-state index is 12.6. The summed E-state index contributed by atoms with van der Waals surface area (Å²) in [4.78, 5) is 29.0. The summed E-state index contributed by atoms with van der Waals surface area (Å²) in [5, 5.41) is 0. The van der Waals surface area contributed by atoms with Crippen molar-refractivity contribution in [2.45, 2.75) is 6.54 Å². The summed E-state index contributed by atoms with van der Waals surface area (Å²) in [7, 11) is 1.75. The van der Waals surface area contributed by atoms with Gasteiger partial charge in [0.05, 0.1) is 5.56 Å². The Hall–Kier alpha value is -3.14. The third kappa shape index (κ3) is 3.43. The number of pyridine rings is 1. The highest BCUT2D eigenvalue weighted by atomic mass is 16.2. The molecule has 0 bridgehead atoms. The molecule has 0 saturated heterocycles. The number of hydrogen-bond donors (Lipinski definition) is 1. The molecule has 1 N–H and O–H groups in total. The van der Waals surface area contributed by atoms with Crippen LogP contribution in [0, 0.1) is 0 Å². The minimum atomic E-state index is -0.205. The van der Waals surface area contributed by atoms with E-state index in [1.165, 1.54) is 6.20 Å². The second-order valence-electron chi connectivity index (χ2n) is 5.64. The number of nitrogens with zero attached hydrogens (tertiary/aromatic N) is 1. The van der Waals surface area contributed by atoms with Crippen LogP contribution in [0.3, 0.4) is 0 Å². The summed E-state index contributed by atoms with van der Waals surface area (Å²) in [6, 6.07) is 20.8. The topological polar surface area (TPSA) is 53.2 Å². The number of aromatic amines is 1. The standard InChI is InChI=1S/C20H18N2O2/c1-22(14-15-8-4-2-5-9-15)20(24)17-12-18(19(23)21-13-17)16-10-6-3-7-11-16/h2-13H,14H2,1H3,(H,21,23). The van der Waals surface area contributed by atoms with Gasteiger partial charge in [-0.3, -0.25) is 9.59 Å². The summed E-state index contributed by atoms with van der Waals surface area (Å²) in [5.74, 6) is -0.132. The maximum absolute atomic E-state index is 12.6. The van der Waals surface area contributed by atoms with E-state index >= 15 is 0 Å². The average Bonchev–Trinajstić information content (AvgIpc) is 2.63. The summed E-state index contributed by atoms with van der Waals surface area (Å²) < 4.78 is 0. The molecule has 2 aromatic carbocycles. The van der Waals surface area contributed by atoms with Crippen molar-refractivity contribution in [3.05, 3.63) is 94.4 Å². The van der Waals surface area contributed by atoms with Gasteiger partial charge in [0.25, 0.3) is 11.5 Å². The predicted molar refractivity (Wildman–Crippen MR) is 94.7 cm³/mol. The number of carbonyl (C=O) groups is 1. The van der Waals surface area contributed by atoms with E-state index in [9.17, 15) is 9.59 Å². The molecule has 0 unspecified atom stereocenters. The number of carbonyl (C=O) groups excluding carboxylic acids is 1. The minimum Gasteiger partial charge on any atom is -0.337 e. The van der Waals surface area contributed by atoms with Gasteiger partial charge in [-0.05, 0) is 17.2 Å². The fourth-order valence-corrected chi connectivity index (χ4v) is 2.59. The lowest BCUT2D eigenvalue weighted by Gasteiger charge is -2.17. The van der Waals surface area contributed by atoms with Gasteiger partial charge in [0.1, 0.15) is 0 Å². The first kappa shape index (κ1) is 15.7. The Bertz CT molecular complexity index is 886. The van der Waals surface area contributed by atoms with Crippen LogP contribution >= 0.6 is 0 Å². The average molecular weight is 318 g/mol. The zero-order valence-corrected chi connectivity index (χ0v) is 13.4. The molecule has 3 rings (SSSR count). The van der Waals surface area contributed by atoms with Crippen molar-refractivity contribution in [1.29, 1.82) is 0 Å². The van der Waals surface area contributed by atoms with Crippen molar-refractivity contribution in [2.24, 2.45) is 0 Å². The maximum Gasteiger partial charge on any atom is 0.255 e. The van der Waals surface area contributed by atoms with Gasteiger partial charge in [0.2, 0.25) is 0 Å². The van der Waals surface area contributed by atoms with Gasteiger partial charge in [-0.2, -0.15) is 0 Å². The van der Waals surface area contributed by atoms with Gasteiger partial charge in [0, 0.05) is 25.4 Å². The van der Waals surface area contributed by atoms with Gasteiger partial charge < -0.3 is 9.88 Å². The zero-order valence-electron chi connectivity index (χ0n) is 13.4. The Balaban J connectivity index is 1.87. The van der Waals surface area contributed by atoms with E-state index in [1.807, 2.05) is 60.7 Å². The molecule has 0 atom stereocenters. The van der Waals surface area contributed by atoms with E-state index in [1.54, 1.807) is 18.0 Å². The van der Waals surface area contributed by atoms with E-state index in [-0.39, 0.29) is 11.5 Å². The lowest BCUT2D eigenvalue weighted by Crippen LogP contribution is -2.27. The molecule has 120 valence electrons. The third-order valence-corrected chi connectivity index (χ3v) is 3.84. The Morgan fingerprint density at radius 1 is 1.00 bits per heavy atom. The quantitative estimate of drug-likeness (QED) is 0.802. The molecule has 0 spiro atoms. The van der Waals surface area contributed by atoms with Crippen molar-refractivity contribution in [1.82, 2.24) is 9.88 Å². The van der Waals surface area contributed by atoms with Gasteiger partial charge in [-0.1, -0.05) is 60.7 Å². The van der Waals surface area contributed by atoms with Crippen LogP contribution in [0.15, 0.2) is 77.7 Å². The second-order valence-corrected chi connectivity index (χ2v) is 5.64. The molecule has 1 amide bonds. The number of rotatable bonds is 4. The first-order valence-electron chi connectivity index (χ1n) is 7.72. The molecule has 1 aromatic heterocycles. The van der Waals surface area contributed by atoms with E-state index in [4.69, 9.17) is 0 Å². The van der Waals surface area contributed by atoms with Crippen LogP contribution < -0.4 is 5.56 Å². The molecule has 1 heterocycles. The molecule has 0 aliphatic rings. The molecule has 4 nitrogen and oxygen atoms in total. The number of nitrogens with one attached hydrogen (secondary N) is 1. The summed E-state index contributed by atoms with van der Waals surface area (Å²) in [6.07, 6.45) is 1.47. The van der Waals surface area contributed by atoms with Crippen LogP contribution in [0.5, 0.6) is 0 Å². The zero-order chi connectivity index (χ0) is 16.9. The summed E-state index contributed by atoms with van der Waals surface area (Å²) in [6.45, 7) is 0.513. The lowest BCUT2D eigenvalue weighted by molar-refractivity contribution is 0.0784. The molecule has 0 radical (unpaired) electrons. The summed E-state index contributed by atoms with van der Waals surface area (Å²) in [5.41, 5.74) is 2.60. The monoisotopic (exact) mass is 318 g/mol. The molecule has 3 aromatic rings. The normalized spacial score (nSPS) is 10.4. The van der Waals surface area contributed by atoms with Gasteiger partial charge >= 0.3 is 0 Å². The molecular formula is C20H18N2O2. The van der Waals surface area contributed by atoms with E-state index < -0.39 is 0 Å². The first-order chi connectivity index (χ1) is 11.6. The third-order valence-electron chi connectivity index (χ3n) is 3.84. The smallest absolute Gasteiger partial charge is 0.255 e. The molecule has 0 saturated carbocycles. The van der Waals surface area contributed by atoms with Crippen LogP contribution in [0.1, 0.15) is 15.9 Å². The van der Waals surface area contributed by atoms with Crippen LogP contribution in [0.25, 0.3) is 11.1 Å². The van der Waals surface area contributed by atoms with Crippen molar-refractivity contribution in [2.75, 3.05) is 7.05 Å². The second kappa shape index (κ2) is 6.96. The number of hydrogen-bond acceptors (Lipinski definition) is 2. The van der Waals surface area contributed by atoms with Crippen molar-refractivity contribution < 1.29 is 4.79 Å². The Morgan fingerprint density at radius 3 is 2.29 bits per heavy atom. The SMILES string of the molecule is CN(Cc1ccccc1)C(=O)c1c[nH]c(=O)c(-c2ccccc2)c1. The van der Waals surface area contributed by atoms with Gasteiger partial charge in [0.15, 0.2) is 0 Å². The number of H-pyrrole nitrogens is 1. The number of amides is 1. The highest BCUT2D eigenvalue weighted by Crippen LogP contribution is 2.16. The fourth-order valence-electron chi connectivity index (χ4n) is 2.59. The Kier molecular flexibility index (Phi) is 4.57. The summed E-state index contributed by atoms with van der Waals surface area (Å²) >= 11 is 0. The van der Waals surface area contributed by atoms with Crippen LogP contribution in [-0.2, 0) is 6.54 Å². The van der Waals surface area contributed by atoms with Crippen molar-refractivity contribution in [3.8, 4) is 11.1 Å². The molecular weight excluding hydrogens is 300 g/mol. The number of benzene rings is 2. The van der Waals surface area contributed by atoms with Crippen LogP contribution in [0.4, 0.5) is 0 Å². The lowest BCUT2D eigenvalue weighted by atomic mass is 10.1. The van der Waals surface area contributed by atoms with Crippen molar-refractivity contribution in [3.63, 3.8) is 0 Å². The number of aromatic nitrogens is 1. The molecule has 0 aliphatic heterocycles. The predicted octanol–water partition coefficient (Wildman–Crippen LogP) is 3.31. The van der Waals surface area contributed by atoms with E-state index in [0.717, 1.165) is 11.1 Å².